The Bertz CT molecular complexity index is 975. The van der Waals surface area contributed by atoms with Crippen molar-refractivity contribution in [3.63, 3.8) is 0 Å². The van der Waals surface area contributed by atoms with E-state index in [4.69, 9.17) is 0 Å². The topological polar surface area (TPSA) is 91.7 Å². The summed E-state index contributed by atoms with van der Waals surface area (Å²) in [6, 6.07) is 16.8. The van der Waals surface area contributed by atoms with Crippen molar-refractivity contribution in [2.45, 2.75) is 6.04 Å². The average molecular weight is 435 g/mol. The largest absolute Gasteiger partial charge is 0.378 e. The fourth-order valence-electron chi connectivity index (χ4n) is 3.72. The van der Waals surface area contributed by atoms with Gasteiger partial charge in [0.25, 0.3) is 0 Å². The quantitative estimate of drug-likeness (QED) is 0.672. The molecule has 1 aliphatic rings. The summed E-state index contributed by atoms with van der Waals surface area (Å²) in [7, 11) is 6.09. The molecule has 0 radical (unpaired) electrons. The number of carbonyl (C=O) groups is 2. The lowest BCUT2D eigenvalue weighted by Gasteiger charge is -2.38. The molecule has 1 saturated heterocycles. The second kappa shape index (κ2) is 10.8. The third kappa shape index (κ3) is 5.84. The Balaban J connectivity index is 1.69. The van der Waals surface area contributed by atoms with Crippen molar-refractivity contribution in [3.8, 4) is 6.07 Å². The second-order valence-electron chi connectivity index (χ2n) is 8.16. The second-order valence-corrected chi connectivity index (χ2v) is 8.16. The number of hydrogen-bond donors (Lipinski definition) is 2. The zero-order valence-electron chi connectivity index (χ0n) is 18.8. The van der Waals surface area contributed by atoms with Crippen LogP contribution in [0.1, 0.15) is 17.2 Å². The Kier molecular flexibility index (Phi) is 7.82. The van der Waals surface area contributed by atoms with E-state index in [1.165, 1.54) is 0 Å². The van der Waals surface area contributed by atoms with E-state index in [1.807, 2.05) is 25.1 Å². The van der Waals surface area contributed by atoms with E-state index in [-0.39, 0.29) is 6.04 Å². The molecule has 2 aromatic carbocycles. The maximum atomic E-state index is 12.5. The number of nitriles is 1. The summed E-state index contributed by atoms with van der Waals surface area (Å²) in [5.74, 6) is -1.51. The zero-order chi connectivity index (χ0) is 23.1. The van der Waals surface area contributed by atoms with Gasteiger partial charge in [-0.15, -0.1) is 0 Å². The molecule has 1 fully saturated rings. The molecule has 0 aromatic heterocycles. The van der Waals surface area contributed by atoms with Gasteiger partial charge in [-0.3, -0.25) is 14.5 Å². The van der Waals surface area contributed by atoms with Gasteiger partial charge in [0.1, 0.15) is 6.07 Å². The van der Waals surface area contributed by atoms with Crippen LogP contribution in [0.15, 0.2) is 48.5 Å². The molecule has 8 heteroatoms. The fourth-order valence-corrected chi connectivity index (χ4v) is 3.72. The number of nitrogens with zero attached hydrogens (tertiary/aromatic N) is 4. The zero-order valence-corrected chi connectivity index (χ0v) is 18.8. The molecule has 1 atom stereocenters. The smallest absolute Gasteiger partial charge is 0.313 e. The van der Waals surface area contributed by atoms with Gasteiger partial charge < -0.3 is 20.4 Å². The Morgan fingerprint density at radius 3 is 2.31 bits per heavy atom. The molecule has 0 aliphatic carbocycles. The van der Waals surface area contributed by atoms with Gasteiger partial charge in [-0.2, -0.15) is 5.26 Å². The SMILES string of the molecule is CN1CCN([C@H](CNC(=O)C(=O)Nc2ccccc2C#N)c2ccc(N(C)C)cc2)CC1. The molecule has 0 bridgehead atoms. The van der Waals surface area contributed by atoms with Gasteiger partial charge >= 0.3 is 11.8 Å². The molecule has 1 aliphatic heterocycles. The molecule has 1 heterocycles. The van der Waals surface area contributed by atoms with E-state index in [2.05, 4.69) is 51.7 Å². The van der Waals surface area contributed by atoms with Crippen LogP contribution in [0.4, 0.5) is 11.4 Å². The maximum Gasteiger partial charge on any atom is 0.313 e. The standard InChI is InChI=1S/C24H30N6O2/c1-28(2)20-10-8-18(9-11-20)22(30-14-12-29(3)13-15-30)17-26-23(31)24(32)27-21-7-5-4-6-19(21)16-25/h4-11,22H,12-15,17H2,1-3H3,(H,26,31)(H,27,32)/t22-/m1/s1. The molecule has 2 aromatic rings. The maximum absolute atomic E-state index is 12.5. The number of hydrogen-bond acceptors (Lipinski definition) is 6. The number of carbonyl (C=O) groups excluding carboxylic acids is 2. The summed E-state index contributed by atoms with van der Waals surface area (Å²) >= 11 is 0. The Morgan fingerprint density at radius 1 is 1.03 bits per heavy atom. The van der Waals surface area contributed by atoms with Crippen molar-refractivity contribution >= 4 is 23.2 Å². The van der Waals surface area contributed by atoms with Crippen LogP contribution in [0.2, 0.25) is 0 Å². The molecule has 2 N–H and O–H groups in total. The summed E-state index contributed by atoms with van der Waals surface area (Å²) < 4.78 is 0. The van der Waals surface area contributed by atoms with E-state index in [0.29, 0.717) is 17.8 Å². The average Bonchev–Trinajstić information content (AvgIpc) is 2.80. The van der Waals surface area contributed by atoms with Crippen molar-refractivity contribution in [3.05, 3.63) is 59.7 Å². The van der Waals surface area contributed by atoms with Gasteiger partial charge in [-0.25, -0.2) is 0 Å². The van der Waals surface area contributed by atoms with Crippen LogP contribution in [0.3, 0.4) is 0 Å². The molecule has 0 saturated carbocycles. The number of nitrogens with one attached hydrogen (secondary N) is 2. The molecule has 3 rings (SSSR count). The van der Waals surface area contributed by atoms with Gasteiger partial charge in [-0.05, 0) is 36.9 Å². The third-order valence-corrected chi connectivity index (χ3v) is 5.73. The summed E-state index contributed by atoms with van der Waals surface area (Å²) in [5.41, 5.74) is 2.83. The minimum Gasteiger partial charge on any atom is -0.378 e. The number of rotatable bonds is 6. The number of para-hydroxylation sites is 1. The molecule has 0 unspecified atom stereocenters. The highest BCUT2D eigenvalue weighted by molar-refractivity contribution is 6.39. The normalized spacial score (nSPS) is 15.4. The first-order valence-corrected chi connectivity index (χ1v) is 10.7. The van der Waals surface area contributed by atoms with Gasteiger partial charge in [0, 0.05) is 52.5 Å². The number of benzene rings is 2. The van der Waals surface area contributed by atoms with Crippen LogP contribution in [0.25, 0.3) is 0 Å². The molecule has 168 valence electrons. The molecular formula is C24H30N6O2. The van der Waals surface area contributed by atoms with E-state index < -0.39 is 11.8 Å². The first kappa shape index (κ1) is 23.3. The molecule has 0 spiro atoms. The Labute approximate surface area is 189 Å². The van der Waals surface area contributed by atoms with Crippen molar-refractivity contribution in [1.82, 2.24) is 15.1 Å². The van der Waals surface area contributed by atoms with E-state index in [1.54, 1.807) is 24.3 Å². The van der Waals surface area contributed by atoms with Crippen LogP contribution in [0.5, 0.6) is 0 Å². The number of likely N-dealkylation sites (N-methyl/N-ethyl adjacent to an activating group) is 1. The lowest BCUT2D eigenvalue weighted by molar-refractivity contribution is -0.136. The van der Waals surface area contributed by atoms with Crippen LogP contribution >= 0.6 is 0 Å². The number of amides is 2. The molecule has 2 amide bonds. The van der Waals surface area contributed by atoms with Gasteiger partial charge in [-0.1, -0.05) is 24.3 Å². The van der Waals surface area contributed by atoms with Crippen LogP contribution in [0, 0.1) is 11.3 Å². The van der Waals surface area contributed by atoms with E-state index in [0.717, 1.165) is 37.4 Å². The van der Waals surface area contributed by atoms with Crippen molar-refractivity contribution in [2.75, 3.05) is 64.1 Å². The highest BCUT2D eigenvalue weighted by Crippen LogP contribution is 2.24. The Hall–Kier alpha value is -3.41. The van der Waals surface area contributed by atoms with Crippen molar-refractivity contribution < 1.29 is 9.59 Å². The summed E-state index contributed by atoms with van der Waals surface area (Å²) in [4.78, 5) is 31.6. The van der Waals surface area contributed by atoms with Crippen molar-refractivity contribution in [2.24, 2.45) is 0 Å². The lowest BCUT2D eigenvalue weighted by Crippen LogP contribution is -2.49. The van der Waals surface area contributed by atoms with Gasteiger partial charge in [0.15, 0.2) is 0 Å². The third-order valence-electron chi connectivity index (χ3n) is 5.73. The molecular weight excluding hydrogens is 404 g/mol. The summed E-state index contributed by atoms with van der Waals surface area (Å²) in [6.07, 6.45) is 0. The fraction of sp³-hybridized carbons (Fsp3) is 0.375. The van der Waals surface area contributed by atoms with Crippen LogP contribution in [-0.2, 0) is 9.59 Å². The molecule has 8 nitrogen and oxygen atoms in total. The minimum absolute atomic E-state index is 0.0388. The molecule has 32 heavy (non-hydrogen) atoms. The minimum atomic E-state index is -0.784. The van der Waals surface area contributed by atoms with E-state index in [9.17, 15) is 14.9 Å². The van der Waals surface area contributed by atoms with Crippen molar-refractivity contribution in [1.29, 1.82) is 5.26 Å². The highest BCUT2D eigenvalue weighted by atomic mass is 16.2. The summed E-state index contributed by atoms with van der Waals surface area (Å²) in [6.45, 7) is 3.98. The highest BCUT2D eigenvalue weighted by Gasteiger charge is 2.25. The monoisotopic (exact) mass is 434 g/mol. The predicted octanol–water partition coefficient (Wildman–Crippen LogP) is 1.67. The Morgan fingerprint density at radius 2 is 1.69 bits per heavy atom. The first-order chi connectivity index (χ1) is 15.4. The predicted molar refractivity (Wildman–Crippen MR) is 125 cm³/mol. The van der Waals surface area contributed by atoms with Gasteiger partial charge in [0.2, 0.25) is 0 Å². The van der Waals surface area contributed by atoms with Crippen LogP contribution < -0.4 is 15.5 Å². The number of anilines is 2. The van der Waals surface area contributed by atoms with E-state index >= 15 is 0 Å². The first-order valence-electron chi connectivity index (χ1n) is 10.7. The summed E-state index contributed by atoms with van der Waals surface area (Å²) in [5, 5.41) is 14.5. The van der Waals surface area contributed by atoms with Crippen LogP contribution in [-0.4, -0.2) is 75.5 Å². The van der Waals surface area contributed by atoms with Gasteiger partial charge in [0.05, 0.1) is 17.3 Å². The lowest BCUT2D eigenvalue weighted by atomic mass is 10.0. The number of piperazine rings is 1.